The van der Waals surface area contributed by atoms with Gasteiger partial charge >= 0.3 is 0 Å². The zero-order chi connectivity index (χ0) is 25.4. The molecule has 4 aromatic rings. The number of nitrogens with zero attached hydrogens (tertiary/aromatic N) is 5. The Morgan fingerprint density at radius 1 is 0.972 bits per heavy atom. The van der Waals surface area contributed by atoms with Crippen LogP contribution < -0.4 is 4.90 Å². The summed E-state index contributed by atoms with van der Waals surface area (Å²) in [5.74, 6) is 1.05. The van der Waals surface area contributed by atoms with Crippen molar-refractivity contribution in [2.75, 3.05) is 36.8 Å². The highest BCUT2D eigenvalue weighted by Crippen LogP contribution is 2.39. The fourth-order valence-electron chi connectivity index (χ4n) is 4.65. The number of aromatic nitrogens is 3. The van der Waals surface area contributed by atoms with Gasteiger partial charge in [-0.2, -0.15) is 13.9 Å². The summed E-state index contributed by atoms with van der Waals surface area (Å²) in [7, 11) is -3.23. The molecule has 0 saturated carbocycles. The lowest BCUT2D eigenvalue weighted by atomic mass is 10.0. The first-order chi connectivity index (χ1) is 17.3. The SMILES string of the molecule is CCCS(=O)(=O)N1CCN(c2cc(C)nc3c(-c4ccc(Cl)cc4)c(-c4ccccc4Cl)nn23)CC1. The summed E-state index contributed by atoms with van der Waals surface area (Å²) in [4.78, 5) is 7.05. The van der Waals surface area contributed by atoms with E-state index in [1.807, 2.05) is 73.0 Å². The maximum absolute atomic E-state index is 12.6. The molecule has 0 atom stereocenters. The van der Waals surface area contributed by atoms with Crippen LogP contribution in [0.25, 0.3) is 28.0 Å². The van der Waals surface area contributed by atoms with Crippen LogP contribution in [0.4, 0.5) is 5.82 Å². The third kappa shape index (κ3) is 4.70. The summed E-state index contributed by atoms with van der Waals surface area (Å²) in [6.45, 7) is 5.86. The number of hydrogen-bond acceptors (Lipinski definition) is 5. The minimum atomic E-state index is -3.23. The maximum Gasteiger partial charge on any atom is 0.214 e. The molecule has 1 saturated heterocycles. The summed E-state index contributed by atoms with van der Waals surface area (Å²) >= 11 is 12.8. The van der Waals surface area contributed by atoms with Crippen molar-refractivity contribution < 1.29 is 8.42 Å². The lowest BCUT2D eigenvalue weighted by Gasteiger charge is -2.35. The molecule has 0 aliphatic carbocycles. The van der Waals surface area contributed by atoms with E-state index in [-0.39, 0.29) is 5.75 Å². The van der Waals surface area contributed by atoms with E-state index in [4.69, 9.17) is 33.3 Å². The molecule has 10 heteroatoms. The monoisotopic (exact) mass is 543 g/mol. The van der Waals surface area contributed by atoms with Gasteiger partial charge in [0.25, 0.3) is 0 Å². The summed E-state index contributed by atoms with van der Waals surface area (Å²) in [6.07, 6.45) is 0.609. The van der Waals surface area contributed by atoms with Gasteiger partial charge in [-0.15, -0.1) is 0 Å². The first kappa shape index (κ1) is 25.0. The number of aryl methyl sites for hydroxylation is 1. The van der Waals surface area contributed by atoms with Crippen LogP contribution in [0.5, 0.6) is 0 Å². The molecule has 7 nitrogen and oxygen atoms in total. The molecule has 188 valence electrons. The van der Waals surface area contributed by atoms with Gasteiger partial charge in [-0.25, -0.2) is 13.4 Å². The summed E-state index contributed by atoms with van der Waals surface area (Å²) in [6, 6.07) is 17.2. The first-order valence-electron chi connectivity index (χ1n) is 11.9. The number of sulfonamides is 1. The van der Waals surface area contributed by atoms with Gasteiger partial charge in [0.1, 0.15) is 11.5 Å². The zero-order valence-corrected chi connectivity index (χ0v) is 22.5. The molecule has 2 aromatic heterocycles. The van der Waals surface area contributed by atoms with E-state index in [2.05, 4.69) is 4.90 Å². The standard InChI is InChI=1S/C26H27Cl2N5O2S/c1-3-16-36(34,35)32-14-12-31(13-15-32)23-17-18(2)29-26-24(19-8-10-20(27)11-9-19)25(30-33(23)26)21-6-4-5-7-22(21)28/h4-11,17H,3,12-16H2,1-2H3. The Morgan fingerprint density at radius 3 is 2.33 bits per heavy atom. The van der Waals surface area contributed by atoms with Crippen LogP contribution in [-0.4, -0.2) is 59.3 Å². The molecular weight excluding hydrogens is 517 g/mol. The van der Waals surface area contributed by atoms with E-state index >= 15 is 0 Å². The van der Waals surface area contributed by atoms with E-state index in [0.717, 1.165) is 33.9 Å². The van der Waals surface area contributed by atoms with Crippen molar-refractivity contribution in [1.82, 2.24) is 18.9 Å². The second-order valence-corrected chi connectivity index (χ2v) is 11.8. The predicted molar refractivity (Wildman–Crippen MR) is 146 cm³/mol. The molecule has 5 rings (SSSR count). The van der Waals surface area contributed by atoms with Crippen LogP contribution in [0.15, 0.2) is 54.6 Å². The number of fused-ring (bicyclic) bond motifs is 1. The average molecular weight is 545 g/mol. The number of anilines is 1. The van der Waals surface area contributed by atoms with Gasteiger partial charge in [0.15, 0.2) is 5.65 Å². The summed E-state index contributed by atoms with van der Waals surface area (Å²) in [5.41, 5.74) is 4.90. The van der Waals surface area contributed by atoms with Crippen LogP contribution in [0.3, 0.4) is 0 Å². The Kier molecular flexibility index (Phi) is 6.96. The molecule has 1 aliphatic heterocycles. The number of hydrogen-bond donors (Lipinski definition) is 0. The van der Waals surface area contributed by atoms with Crippen molar-refractivity contribution in [2.24, 2.45) is 0 Å². The van der Waals surface area contributed by atoms with Gasteiger partial charge < -0.3 is 4.90 Å². The molecule has 2 aromatic carbocycles. The quantitative estimate of drug-likeness (QED) is 0.319. The van der Waals surface area contributed by atoms with Crippen molar-refractivity contribution in [3.05, 3.63) is 70.3 Å². The molecular formula is C26H27Cl2N5O2S. The molecule has 0 amide bonds. The third-order valence-electron chi connectivity index (χ3n) is 6.38. The molecule has 1 aliphatic rings. The number of piperazine rings is 1. The van der Waals surface area contributed by atoms with Gasteiger partial charge in [0.2, 0.25) is 10.0 Å². The van der Waals surface area contributed by atoms with Crippen LogP contribution in [0, 0.1) is 6.92 Å². The van der Waals surface area contributed by atoms with Gasteiger partial charge in [-0.1, -0.05) is 60.5 Å². The number of halogens is 2. The highest BCUT2D eigenvalue weighted by molar-refractivity contribution is 7.89. The summed E-state index contributed by atoms with van der Waals surface area (Å²) < 4.78 is 28.6. The van der Waals surface area contributed by atoms with Crippen LogP contribution >= 0.6 is 23.2 Å². The molecule has 0 radical (unpaired) electrons. The van der Waals surface area contributed by atoms with Gasteiger partial charge in [0, 0.05) is 48.5 Å². The smallest absolute Gasteiger partial charge is 0.214 e. The van der Waals surface area contributed by atoms with E-state index in [1.165, 1.54) is 0 Å². The first-order valence-corrected chi connectivity index (χ1v) is 14.3. The molecule has 1 fully saturated rings. The molecule has 0 spiro atoms. The van der Waals surface area contributed by atoms with Crippen molar-refractivity contribution in [3.8, 4) is 22.4 Å². The predicted octanol–water partition coefficient (Wildman–Crippen LogP) is 5.54. The van der Waals surface area contributed by atoms with Gasteiger partial charge in [-0.05, 0) is 37.1 Å². The highest BCUT2D eigenvalue weighted by atomic mass is 35.5. The molecule has 0 bridgehead atoms. The lowest BCUT2D eigenvalue weighted by Crippen LogP contribution is -2.49. The Bertz CT molecular complexity index is 1510. The van der Waals surface area contributed by atoms with Gasteiger partial charge in [-0.3, -0.25) is 0 Å². The minimum Gasteiger partial charge on any atom is -0.354 e. The maximum atomic E-state index is 12.6. The Labute approximate surface area is 221 Å². The highest BCUT2D eigenvalue weighted by Gasteiger charge is 2.29. The third-order valence-corrected chi connectivity index (χ3v) is 9.04. The second-order valence-electron chi connectivity index (χ2n) is 8.90. The molecule has 3 heterocycles. The lowest BCUT2D eigenvalue weighted by molar-refractivity contribution is 0.382. The van der Waals surface area contributed by atoms with Gasteiger partial charge in [0.05, 0.1) is 16.3 Å². The topological polar surface area (TPSA) is 70.8 Å². The normalized spacial score (nSPS) is 15.1. The Balaban J connectivity index is 1.64. The van der Waals surface area contributed by atoms with Crippen molar-refractivity contribution in [1.29, 1.82) is 0 Å². The van der Waals surface area contributed by atoms with Crippen molar-refractivity contribution in [3.63, 3.8) is 0 Å². The van der Waals surface area contributed by atoms with Crippen LogP contribution in [0.1, 0.15) is 19.0 Å². The van der Waals surface area contributed by atoms with Crippen molar-refractivity contribution >= 4 is 44.7 Å². The molecule has 36 heavy (non-hydrogen) atoms. The Morgan fingerprint density at radius 2 is 1.67 bits per heavy atom. The van der Waals surface area contributed by atoms with Crippen LogP contribution in [-0.2, 0) is 10.0 Å². The van der Waals surface area contributed by atoms with E-state index in [0.29, 0.717) is 48.3 Å². The molecule has 0 unspecified atom stereocenters. The summed E-state index contributed by atoms with van der Waals surface area (Å²) in [5, 5.41) is 6.27. The molecule has 0 N–H and O–H groups in total. The number of benzene rings is 2. The largest absolute Gasteiger partial charge is 0.354 e. The number of rotatable bonds is 6. The van der Waals surface area contributed by atoms with E-state index < -0.39 is 10.0 Å². The Hall–Kier alpha value is -2.65. The fourth-order valence-corrected chi connectivity index (χ4v) is 6.50. The zero-order valence-electron chi connectivity index (χ0n) is 20.2. The van der Waals surface area contributed by atoms with Crippen LogP contribution in [0.2, 0.25) is 10.0 Å². The van der Waals surface area contributed by atoms with Crippen molar-refractivity contribution in [2.45, 2.75) is 20.3 Å². The average Bonchev–Trinajstić information content (AvgIpc) is 3.23. The minimum absolute atomic E-state index is 0.177. The fraction of sp³-hybridized carbons (Fsp3) is 0.308. The van der Waals surface area contributed by atoms with E-state index in [9.17, 15) is 8.42 Å². The second kappa shape index (κ2) is 10.0. The van der Waals surface area contributed by atoms with E-state index in [1.54, 1.807) is 4.31 Å².